The molecule has 1 aromatic rings. The second kappa shape index (κ2) is 4.28. The van der Waals surface area contributed by atoms with Crippen LogP contribution < -0.4 is 10.6 Å². The topological polar surface area (TPSA) is 124 Å². The minimum atomic E-state index is -3.74. The number of nitrogens with one attached hydrogen (secondary N) is 3. The van der Waals surface area contributed by atoms with E-state index in [2.05, 4.69) is 20.6 Å². The monoisotopic (exact) mass is 299 g/mol. The number of urea groups is 1. The Hall–Kier alpha value is -1.94. The molecule has 0 saturated carbocycles. The van der Waals surface area contributed by atoms with Gasteiger partial charge in [-0.05, 0) is 12.8 Å². The molecule has 1 spiro atoms. The summed E-state index contributed by atoms with van der Waals surface area (Å²) in [7, 11) is -3.74. The van der Waals surface area contributed by atoms with Gasteiger partial charge in [-0.2, -0.15) is 4.31 Å². The Morgan fingerprint density at radius 3 is 2.75 bits per heavy atom. The van der Waals surface area contributed by atoms with E-state index in [0.29, 0.717) is 19.4 Å². The molecule has 0 aliphatic carbocycles. The maximum Gasteiger partial charge on any atom is 0.322 e. The number of imide groups is 1. The van der Waals surface area contributed by atoms with Crippen LogP contribution in [0.1, 0.15) is 12.8 Å². The number of aromatic nitrogens is 2. The van der Waals surface area contributed by atoms with Gasteiger partial charge in [0.1, 0.15) is 5.54 Å². The fourth-order valence-electron chi connectivity index (χ4n) is 2.56. The number of hydrogen-bond acceptors (Lipinski definition) is 5. The van der Waals surface area contributed by atoms with Crippen LogP contribution in [0.3, 0.4) is 0 Å². The zero-order chi connectivity index (χ0) is 14.4. The Morgan fingerprint density at radius 1 is 1.35 bits per heavy atom. The zero-order valence-electron chi connectivity index (χ0n) is 10.4. The molecular weight excluding hydrogens is 286 g/mol. The summed E-state index contributed by atoms with van der Waals surface area (Å²) in [4.78, 5) is 29.4. The van der Waals surface area contributed by atoms with E-state index in [-0.39, 0.29) is 11.6 Å². The number of rotatable bonds is 2. The number of carbonyl (C=O) groups excluding carboxylic acids is 2. The summed E-state index contributed by atoms with van der Waals surface area (Å²) >= 11 is 0. The van der Waals surface area contributed by atoms with Crippen LogP contribution in [0.4, 0.5) is 4.79 Å². The molecule has 3 heterocycles. The Balaban J connectivity index is 1.90. The summed E-state index contributed by atoms with van der Waals surface area (Å²) in [5.41, 5.74) is -1.16. The van der Waals surface area contributed by atoms with E-state index in [4.69, 9.17) is 0 Å². The molecule has 3 N–H and O–H groups in total. The third-order valence-electron chi connectivity index (χ3n) is 3.56. The molecule has 108 valence electrons. The van der Waals surface area contributed by atoms with E-state index in [0.717, 1.165) is 0 Å². The SMILES string of the molecule is O=C1NC(=O)C2(CCCN(S(=O)(=O)c3cnc[nH]3)C2)N1. The zero-order valence-corrected chi connectivity index (χ0v) is 11.2. The Morgan fingerprint density at radius 2 is 2.15 bits per heavy atom. The number of hydrogen-bond donors (Lipinski definition) is 3. The molecule has 1 unspecified atom stereocenters. The largest absolute Gasteiger partial charge is 0.335 e. The standard InChI is InChI=1S/C10H13N5O4S/c16-8-10(14-9(17)13-8)2-1-3-15(5-10)20(18,19)7-4-11-6-12-7/h4,6H,1-3,5H2,(H,11,12)(H2,13,14,16,17). The van der Waals surface area contributed by atoms with E-state index in [1.807, 2.05) is 0 Å². The quantitative estimate of drug-likeness (QED) is 0.590. The first-order valence-electron chi connectivity index (χ1n) is 6.06. The van der Waals surface area contributed by atoms with Gasteiger partial charge in [-0.3, -0.25) is 10.1 Å². The summed E-state index contributed by atoms with van der Waals surface area (Å²) < 4.78 is 26.0. The second-order valence-electron chi connectivity index (χ2n) is 4.85. The molecule has 1 atom stereocenters. The molecule has 9 nitrogen and oxygen atoms in total. The maximum absolute atomic E-state index is 12.4. The number of nitrogens with zero attached hydrogens (tertiary/aromatic N) is 2. The Bertz CT molecular complexity index is 655. The summed E-state index contributed by atoms with van der Waals surface area (Å²) in [5.74, 6) is -0.480. The highest BCUT2D eigenvalue weighted by atomic mass is 32.2. The van der Waals surface area contributed by atoms with Gasteiger partial charge in [0.2, 0.25) is 0 Å². The van der Waals surface area contributed by atoms with Crippen molar-refractivity contribution in [2.75, 3.05) is 13.1 Å². The lowest BCUT2D eigenvalue weighted by molar-refractivity contribution is -0.125. The van der Waals surface area contributed by atoms with Crippen molar-refractivity contribution in [2.24, 2.45) is 0 Å². The average molecular weight is 299 g/mol. The number of imidazole rings is 1. The molecule has 2 fully saturated rings. The molecule has 10 heteroatoms. The maximum atomic E-state index is 12.4. The van der Waals surface area contributed by atoms with E-state index >= 15 is 0 Å². The van der Waals surface area contributed by atoms with Crippen LogP contribution in [0.25, 0.3) is 0 Å². The predicted octanol–water partition coefficient (Wildman–Crippen LogP) is -1.23. The molecule has 3 amide bonds. The van der Waals surface area contributed by atoms with Crippen molar-refractivity contribution in [1.82, 2.24) is 24.9 Å². The number of sulfonamides is 1. The normalized spacial score (nSPS) is 27.6. The molecule has 0 aromatic carbocycles. The summed E-state index contributed by atoms with van der Waals surface area (Å²) in [6, 6.07) is -0.587. The third kappa shape index (κ3) is 1.88. The van der Waals surface area contributed by atoms with Crippen LogP contribution in [0.15, 0.2) is 17.6 Å². The fraction of sp³-hybridized carbons (Fsp3) is 0.500. The van der Waals surface area contributed by atoms with Crippen LogP contribution in [0.2, 0.25) is 0 Å². The molecule has 2 saturated heterocycles. The highest BCUT2D eigenvalue weighted by Crippen LogP contribution is 2.27. The van der Waals surface area contributed by atoms with Gasteiger partial charge in [-0.15, -0.1) is 0 Å². The molecule has 0 bridgehead atoms. The first-order chi connectivity index (χ1) is 9.44. The minimum Gasteiger partial charge on any atom is -0.335 e. The van der Waals surface area contributed by atoms with Gasteiger partial charge in [0.05, 0.1) is 12.5 Å². The third-order valence-corrected chi connectivity index (χ3v) is 5.33. The van der Waals surface area contributed by atoms with Gasteiger partial charge >= 0.3 is 6.03 Å². The van der Waals surface area contributed by atoms with Crippen molar-refractivity contribution >= 4 is 22.0 Å². The van der Waals surface area contributed by atoms with Crippen LogP contribution in [-0.2, 0) is 14.8 Å². The predicted molar refractivity (Wildman–Crippen MR) is 66.0 cm³/mol. The number of H-pyrrole nitrogens is 1. The van der Waals surface area contributed by atoms with Crippen molar-refractivity contribution in [1.29, 1.82) is 0 Å². The minimum absolute atomic E-state index is 0.0284. The molecule has 2 aliphatic heterocycles. The van der Waals surface area contributed by atoms with E-state index in [9.17, 15) is 18.0 Å². The van der Waals surface area contributed by atoms with E-state index in [1.54, 1.807) is 0 Å². The lowest BCUT2D eigenvalue weighted by Gasteiger charge is -2.36. The van der Waals surface area contributed by atoms with Crippen molar-refractivity contribution in [3.8, 4) is 0 Å². The van der Waals surface area contributed by atoms with Gasteiger partial charge in [0, 0.05) is 13.1 Å². The highest BCUT2D eigenvalue weighted by molar-refractivity contribution is 7.89. The van der Waals surface area contributed by atoms with Crippen molar-refractivity contribution in [2.45, 2.75) is 23.4 Å². The number of piperidine rings is 1. The highest BCUT2D eigenvalue weighted by Gasteiger charge is 2.50. The van der Waals surface area contributed by atoms with Crippen molar-refractivity contribution in [3.05, 3.63) is 12.5 Å². The first kappa shape index (κ1) is 13.1. The summed E-state index contributed by atoms with van der Waals surface area (Å²) in [6.45, 7) is 0.220. The fourth-order valence-corrected chi connectivity index (χ4v) is 3.99. The van der Waals surface area contributed by atoms with Crippen LogP contribution in [-0.4, -0.2) is 53.3 Å². The first-order valence-corrected chi connectivity index (χ1v) is 7.50. The van der Waals surface area contributed by atoms with Gasteiger partial charge in [-0.1, -0.05) is 0 Å². The van der Waals surface area contributed by atoms with Crippen LogP contribution in [0, 0.1) is 0 Å². The summed E-state index contributed by atoms with van der Waals surface area (Å²) in [5, 5.41) is 4.66. The molecule has 1 aromatic heterocycles. The number of carbonyl (C=O) groups is 2. The molecular formula is C10H13N5O4S. The lowest BCUT2D eigenvalue weighted by Crippen LogP contribution is -2.59. The van der Waals surface area contributed by atoms with Gasteiger partial charge in [0.15, 0.2) is 5.03 Å². The summed E-state index contributed by atoms with van der Waals surface area (Å²) in [6.07, 6.45) is 3.39. The Kier molecular flexibility index (Phi) is 2.80. The number of amides is 3. The molecule has 20 heavy (non-hydrogen) atoms. The number of aromatic amines is 1. The average Bonchev–Trinajstić information content (AvgIpc) is 3.00. The van der Waals surface area contributed by atoms with Gasteiger partial charge in [0.25, 0.3) is 15.9 Å². The molecule has 0 radical (unpaired) electrons. The molecule has 2 aliphatic rings. The van der Waals surface area contributed by atoms with E-state index in [1.165, 1.54) is 16.8 Å². The van der Waals surface area contributed by atoms with Crippen molar-refractivity contribution in [3.63, 3.8) is 0 Å². The van der Waals surface area contributed by atoms with Crippen LogP contribution in [0.5, 0.6) is 0 Å². The Labute approximate surface area is 114 Å². The van der Waals surface area contributed by atoms with Crippen LogP contribution >= 0.6 is 0 Å². The smallest absolute Gasteiger partial charge is 0.322 e. The lowest BCUT2D eigenvalue weighted by atomic mass is 9.90. The van der Waals surface area contributed by atoms with Gasteiger partial charge < -0.3 is 10.3 Å². The molecule has 3 rings (SSSR count). The van der Waals surface area contributed by atoms with Gasteiger partial charge in [-0.25, -0.2) is 18.2 Å². The van der Waals surface area contributed by atoms with Crippen molar-refractivity contribution < 1.29 is 18.0 Å². The second-order valence-corrected chi connectivity index (χ2v) is 6.75. The van der Waals surface area contributed by atoms with E-state index < -0.39 is 27.5 Å².